The molecule has 0 amide bonds. The summed E-state index contributed by atoms with van der Waals surface area (Å²) in [7, 11) is 0. The quantitative estimate of drug-likeness (QED) is 0.603. The highest BCUT2D eigenvalue weighted by Crippen LogP contribution is 2.38. The minimum absolute atomic E-state index is 0.149. The molecular weight excluding hydrogens is 152 g/mol. The smallest absolute Gasteiger partial charge is 0.128 e. The lowest BCUT2D eigenvalue weighted by molar-refractivity contribution is -0.119. The molecule has 0 N–H and O–H groups in total. The summed E-state index contributed by atoms with van der Waals surface area (Å²) in [5, 5.41) is 0. The average molecular weight is 170 g/mol. The molecule has 1 unspecified atom stereocenters. The Labute approximate surface area is 74.3 Å². The predicted molar refractivity (Wildman–Crippen MR) is 48.0 cm³/mol. The molecule has 1 aliphatic rings. The molecule has 0 aromatic rings. The van der Waals surface area contributed by atoms with Crippen molar-refractivity contribution >= 4 is 6.29 Å². The van der Waals surface area contributed by atoms with Gasteiger partial charge in [0.15, 0.2) is 0 Å². The van der Waals surface area contributed by atoms with Gasteiger partial charge in [-0.3, -0.25) is 0 Å². The minimum Gasteiger partial charge on any atom is -0.380 e. The zero-order valence-corrected chi connectivity index (χ0v) is 8.01. The van der Waals surface area contributed by atoms with Crippen LogP contribution in [0.25, 0.3) is 0 Å². The van der Waals surface area contributed by atoms with Gasteiger partial charge in [-0.2, -0.15) is 0 Å². The lowest BCUT2D eigenvalue weighted by Gasteiger charge is -2.29. The third kappa shape index (κ3) is 1.53. The SMILES string of the molecule is CCC(CC)C1(C=O)CCOC1. The van der Waals surface area contributed by atoms with Crippen LogP contribution in [-0.4, -0.2) is 19.5 Å². The largest absolute Gasteiger partial charge is 0.380 e. The van der Waals surface area contributed by atoms with E-state index in [0.29, 0.717) is 12.5 Å². The zero-order valence-electron chi connectivity index (χ0n) is 8.01. The van der Waals surface area contributed by atoms with Crippen molar-refractivity contribution in [3.63, 3.8) is 0 Å². The summed E-state index contributed by atoms with van der Waals surface area (Å²) in [6.07, 6.45) is 4.21. The van der Waals surface area contributed by atoms with Crippen LogP contribution in [0.15, 0.2) is 0 Å². The van der Waals surface area contributed by atoms with Crippen molar-refractivity contribution in [1.82, 2.24) is 0 Å². The number of rotatable bonds is 4. The van der Waals surface area contributed by atoms with E-state index in [-0.39, 0.29) is 5.41 Å². The first kappa shape index (κ1) is 9.72. The van der Waals surface area contributed by atoms with E-state index in [9.17, 15) is 4.79 Å². The van der Waals surface area contributed by atoms with Crippen LogP contribution in [0.5, 0.6) is 0 Å². The molecule has 70 valence electrons. The van der Waals surface area contributed by atoms with Crippen molar-refractivity contribution < 1.29 is 9.53 Å². The number of hydrogen-bond donors (Lipinski definition) is 0. The second kappa shape index (κ2) is 4.04. The van der Waals surface area contributed by atoms with Gasteiger partial charge in [0.05, 0.1) is 12.0 Å². The molecule has 0 aromatic heterocycles. The molecule has 12 heavy (non-hydrogen) atoms. The molecule has 2 nitrogen and oxygen atoms in total. The van der Waals surface area contributed by atoms with Gasteiger partial charge in [0.25, 0.3) is 0 Å². The number of ether oxygens (including phenoxy) is 1. The predicted octanol–water partition coefficient (Wildman–Crippen LogP) is 2.03. The molecule has 1 saturated heterocycles. The first-order valence-corrected chi connectivity index (χ1v) is 4.83. The van der Waals surface area contributed by atoms with Crippen molar-refractivity contribution in [3.8, 4) is 0 Å². The molecule has 0 saturated carbocycles. The van der Waals surface area contributed by atoms with Crippen molar-refractivity contribution in [2.24, 2.45) is 11.3 Å². The monoisotopic (exact) mass is 170 g/mol. The van der Waals surface area contributed by atoms with Gasteiger partial charge in [0.1, 0.15) is 6.29 Å². The summed E-state index contributed by atoms with van der Waals surface area (Å²) < 4.78 is 5.30. The van der Waals surface area contributed by atoms with Gasteiger partial charge in [-0.25, -0.2) is 0 Å². The molecule has 0 bridgehead atoms. The number of aldehydes is 1. The summed E-state index contributed by atoms with van der Waals surface area (Å²) in [6, 6.07) is 0. The number of carbonyl (C=O) groups is 1. The molecule has 2 heteroatoms. The molecule has 0 aromatic carbocycles. The van der Waals surface area contributed by atoms with Gasteiger partial charge in [0, 0.05) is 6.61 Å². The summed E-state index contributed by atoms with van der Waals surface area (Å²) in [4.78, 5) is 11.0. The maximum Gasteiger partial charge on any atom is 0.128 e. The highest BCUT2D eigenvalue weighted by atomic mass is 16.5. The highest BCUT2D eigenvalue weighted by molar-refractivity contribution is 5.60. The van der Waals surface area contributed by atoms with E-state index in [1.165, 1.54) is 0 Å². The van der Waals surface area contributed by atoms with Gasteiger partial charge in [-0.05, 0) is 12.3 Å². The molecule has 0 spiro atoms. The molecule has 1 fully saturated rings. The summed E-state index contributed by atoms with van der Waals surface area (Å²) >= 11 is 0. The Kier molecular flexibility index (Phi) is 3.27. The molecular formula is C10H18O2. The van der Waals surface area contributed by atoms with Crippen molar-refractivity contribution in [2.75, 3.05) is 13.2 Å². The maximum absolute atomic E-state index is 11.0. The summed E-state index contributed by atoms with van der Waals surface area (Å²) in [6.45, 7) is 5.70. The fourth-order valence-corrected chi connectivity index (χ4v) is 2.21. The zero-order chi connectivity index (χ0) is 9.03. The molecule has 0 aliphatic carbocycles. The Morgan fingerprint density at radius 1 is 1.50 bits per heavy atom. The highest BCUT2D eigenvalue weighted by Gasteiger charge is 2.40. The van der Waals surface area contributed by atoms with Crippen LogP contribution in [-0.2, 0) is 9.53 Å². The first-order valence-electron chi connectivity index (χ1n) is 4.83. The second-order valence-electron chi connectivity index (χ2n) is 3.67. The fraction of sp³-hybridized carbons (Fsp3) is 0.900. The molecule has 1 aliphatic heterocycles. The third-order valence-corrected chi connectivity index (χ3v) is 3.12. The Hall–Kier alpha value is -0.370. The molecule has 0 radical (unpaired) electrons. The van der Waals surface area contributed by atoms with Crippen LogP contribution in [0.4, 0.5) is 0 Å². The topological polar surface area (TPSA) is 26.3 Å². The second-order valence-corrected chi connectivity index (χ2v) is 3.67. The molecule has 1 heterocycles. The Morgan fingerprint density at radius 2 is 2.17 bits per heavy atom. The first-order chi connectivity index (χ1) is 5.79. The third-order valence-electron chi connectivity index (χ3n) is 3.12. The Bertz CT molecular complexity index is 144. The van der Waals surface area contributed by atoms with Crippen LogP contribution in [0.2, 0.25) is 0 Å². The van der Waals surface area contributed by atoms with E-state index in [2.05, 4.69) is 13.8 Å². The standard InChI is InChI=1S/C10H18O2/c1-3-9(4-2)10(7-11)5-6-12-8-10/h7,9H,3-6,8H2,1-2H3. The number of hydrogen-bond acceptors (Lipinski definition) is 2. The normalized spacial score (nSPS) is 29.6. The Balaban J connectivity index is 2.69. The van der Waals surface area contributed by atoms with Gasteiger partial charge >= 0.3 is 0 Å². The number of carbonyl (C=O) groups excluding carboxylic acids is 1. The minimum atomic E-state index is -0.149. The van der Waals surface area contributed by atoms with E-state index in [1.54, 1.807) is 0 Å². The van der Waals surface area contributed by atoms with Crippen molar-refractivity contribution in [3.05, 3.63) is 0 Å². The van der Waals surface area contributed by atoms with Crippen molar-refractivity contribution in [2.45, 2.75) is 33.1 Å². The summed E-state index contributed by atoms with van der Waals surface area (Å²) in [5.41, 5.74) is -0.149. The van der Waals surface area contributed by atoms with Gasteiger partial charge in [0.2, 0.25) is 0 Å². The lowest BCUT2D eigenvalue weighted by Crippen LogP contribution is -2.32. The van der Waals surface area contributed by atoms with E-state index in [0.717, 1.165) is 32.2 Å². The van der Waals surface area contributed by atoms with Crippen molar-refractivity contribution in [1.29, 1.82) is 0 Å². The molecule has 1 rings (SSSR count). The lowest BCUT2D eigenvalue weighted by atomic mass is 9.73. The maximum atomic E-state index is 11.0. The molecule has 1 atom stereocenters. The van der Waals surface area contributed by atoms with E-state index in [1.807, 2.05) is 0 Å². The van der Waals surface area contributed by atoms with Gasteiger partial charge in [-0.1, -0.05) is 26.7 Å². The Morgan fingerprint density at radius 3 is 2.50 bits per heavy atom. The van der Waals surface area contributed by atoms with Crippen LogP contribution < -0.4 is 0 Å². The van der Waals surface area contributed by atoms with E-state index in [4.69, 9.17) is 4.74 Å². The van der Waals surface area contributed by atoms with Crippen LogP contribution in [0.3, 0.4) is 0 Å². The van der Waals surface area contributed by atoms with Crippen LogP contribution in [0, 0.1) is 11.3 Å². The van der Waals surface area contributed by atoms with Gasteiger partial charge < -0.3 is 9.53 Å². The van der Waals surface area contributed by atoms with E-state index < -0.39 is 0 Å². The fourth-order valence-electron chi connectivity index (χ4n) is 2.21. The van der Waals surface area contributed by atoms with Crippen LogP contribution >= 0.6 is 0 Å². The van der Waals surface area contributed by atoms with E-state index >= 15 is 0 Å². The summed E-state index contributed by atoms with van der Waals surface area (Å²) in [5.74, 6) is 0.512. The average Bonchev–Trinajstić information content (AvgIpc) is 2.56. The van der Waals surface area contributed by atoms with Crippen LogP contribution in [0.1, 0.15) is 33.1 Å². The van der Waals surface area contributed by atoms with Gasteiger partial charge in [-0.15, -0.1) is 0 Å².